The zero-order valence-electron chi connectivity index (χ0n) is 9.89. The van der Waals surface area contributed by atoms with Gasteiger partial charge in [0.15, 0.2) is 5.82 Å². The number of rotatable bonds is 2. The SMILES string of the molecule is O=C(O)c1cc(F)cc2[nH]c(-c3ccc(Cl)cn3)nc12. The molecule has 0 saturated carbocycles. The molecule has 0 saturated heterocycles. The number of aromatic carboxylic acids is 1. The first-order valence-corrected chi connectivity index (χ1v) is 5.97. The summed E-state index contributed by atoms with van der Waals surface area (Å²) in [6, 6.07) is 5.39. The third kappa shape index (κ3) is 2.10. The zero-order valence-corrected chi connectivity index (χ0v) is 10.6. The fourth-order valence-corrected chi connectivity index (χ4v) is 1.99. The lowest BCUT2D eigenvalue weighted by Crippen LogP contribution is -1.98. The molecule has 2 heterocycles. The molecule has 1 aromatic carbocycles. The number of fused-ring (bicyclic) bond motifs is 1. The van der Waals surface area contributed by atoms with Crippen LogP contribution in [0.2, 0.25) is 5.02 Å². The van der Waals surface area contributed by atoms with Gasteiger partial charge in [-0.3, -0.25) is 4.98 Å². The normalized spacial score (nSPS) is 10.9. The van der Waals surface area contributed by atoms with Crippen LogP contribution in [0.4, 0.5) is 4.39 Å². The van der Waals surface area contributed by atoms with E-state index in [0.717, 1.165) is 6.07 Å². The van der Waals surface area contributed by atoms with E-state index in [1.165, 1.54) is 12.3 Å². The maximum Gasteiger partial charge on any atom is 0.338 e. The topological polar surface area (TPSA) is 78.9 Å². The Kier molecular flexibility index (Phi) is 2.87. The summed E-state index contributed by atoms with van der Waals surface area (Å²) in [5, 5.41) is 9.54. The van der Waals surface area contributed by atoms with Crippen LogP contribution in [0, 0.1) is 5.82 Å². The second-order valence-electron chi connectivity index (χ2n) is 4.10. The van der Waals surface area contributed by atoms with Gasteiger partial charge in [0.2, 0.25) is 0 Å². The third-order valence-corrected chi connectivity index (χ3v) is 2.98. The number of aromatic amines is 1. The highest BCUT2D eigenvalue weighted by atomic mass is 35.5. The Hall–Kier alpha value is -2.47. The number of carbonyl (C=O) groups is 1. The van der Waals surface area contributed by atoms with Gasteiger partial charge in [-0.05, 0) is 24.3 Å². The first kappa shape index (κ1) is 12.6. The van der Waals surface area contributed by atoms with Crippen molar-refractivity contribution in [2.24, 2.45) is 0 Å². The Morgan fingerprint density at radius 2 is 2.15 bits per heavy atom. The van der Waals surface area contributed by atoms with Crippen molar-refractivity contribution in [3.8, 4) is 11.5 Å². The van der Waals surface area contributed by atoms with Crippen LogP contribution in [0.25, 0.3) is 22.6 Å². The molecular formula is C13H7ClFN3O2. The minimum absolute atomic E-state index is 0.186. The molecule has 0 aliphatic rings. The first-order valence-electron chi connectivity index (χ1n) is 5.59. The third-order valence-electron chi connectivity index (χ3n) is 2.75. The van der Waals surface area contributed by atoms with Gasteiger partial charge in [0.1, 0.15) is 17.0 Å². The summed E-state index contributed by atoms with van der Waals surface area (Å²) in [5.74, 6) is -1.53. The number of pyridine rings is 1. The van der Waals surface area contributed by atoms with Gasteiger partial charge in [0.05, 0.1) is 16.1 Å². The molecule has 0 bridgehead atoms. The minimum Gasteiger partial charge on any atom is -0.478 e. The number of benzene rings is 1. The van der Waals surface area contributed by atoms with Gasteiger partial charge in [-0.25, -0.2) is 14.2 Å². The predicted molar refractivity (Wildman–Crippen MR) is 71.3 cm³/mol. The Morgan fingerprint density at radius 3 is 2.80 bits per heavy atom. The molecule has 2 N–H and O–H groups in total. The molecule has 0 aliphatic heterocycles. The zero-order chi connectivity index (χ0) is 14.3. The number of carboxylic acid groups (broad SMARTS) is 1. The number of nitrogens with one attached hydrogen (secondary N) is 1. The molecule has 20 heavy (non-hydrogen) atoms. The van der Waals surface area contributed by atoms with E-state index in [1.54, 1.807) is 12.1 Å². The second-order valence-corrected chi connectivity index (χ2v) is 4.54. The van der Waals surface area contributed by atoms with Crippen LogP contribution >= 0.6 is 11.6 Å². The van der Waals surface area contributed by atoms with Crippen molar-refractivity contribution in [3.05, 3.63) is 46.9 Å². The van der Waals surface area contributed by atoms with Crippen molar-refractivity contribution in [2.45, 2.75) is 0 Å². The van der Waals surface area contributed by atoms with Gasteiger partial charge in [-0.1, -0.05) is 11.6 Å². The van der Waals surface area contributed by atoms with Gasteiger partial charge < -0.3 is 10.1 Å². The predicted octanol–water partition coefficient (Wildman–Crippen LogP) is 3.12. The molecule has 0 amide bonds. The van der Waals surface area contributed by atoms with Gasteiger partial charge in [0.25, 0.3) is 0 Å². The number of carboxylic acids is 1. The van der Waals surface area contributed by atoms with Crippen molar-refractivity contribution in [1.29, 1.82) is 0 Å². The van der Waals surface area contributed by atoms with E-state index in [1.807, 2.05) is 0 Å². The van der Waals surface area contributed by atoms with E-state index in [4.69, 9.17) is 16.7 Å². The number of hydrogen-bond acceptors (Lipinski definition) is 3. The summed E-state index contributed by atoms with van der Waals surface area (Å²) >= 11 is 5.74. The smallest absolute Gasteiger partial charge is 0.338 e. The van der Waals surface area contributed by atoms with E-state index in [2.05, 4.69) is 15.0 Å². The van der Waals surface area contributed by atoms with Gasteiger partial charge in [0, 0.05) is 6.20 Å². The van der Waals surface area contributed by atoms with Crippen LogP contribution in [0.15, 0.2) is 30.5 Å². The van der Waals surface area contributed by atoms with E-state index in [-0.39, 0.29) is 11.1 Å². The summed E-state index contributed by atoms with van der Waals surface area (Å²) in [6.45, 7) is 0. The molecule has 0 aliphatic carbocycles. The summed E-state index contributed by atoms with van der Waals surface area (Å²) in [7, 11) is 0. The summed E-state index contributed by atoms with van der Waals surface area (Å²) < 4.78 is 13.4. The average Bonchev–Trinajstić information content (AvgIpc) is 2.81. The quantitative estimate of drug-likeness (QED) is 0.760. The molecular weight excluding hydrogens is 285 g/mol. The second kappa shape index (κ2) is 4.57. The lowest BCUT2D eigenvalue weighted by atomic mass is 10.2. The molecule has 0 radical (unpaired) electrons. The Morgan fingerprint density at radius 1 is 1.35 bits per heavy atom. The highest BCUT2D eigenvalue weighted by Gasteiger charge is 2.16. The van der Waals surface area contributed by atoms with Gasteiger partial charge >= 0.3 is 5.97 Å². The Balaban J connectivity index is 2.22. The van der Waals surface area contributed by atoms with Crippen molar-refractivity contribution in [2.75, 3.05) is 0 Å². The number of hydrogen-bond donors (Lipinski definition) is 2. The van der Waals surface area contributed by atoms with Crippen molar-refractivity contribution in [3.63, 3.8) is 0 Å². The molecule has 0 spiro atoms. The van der Waals surface area contributed by atoms with Crippen molar-refractivity contribution >= 4 is 28.6 Å². The largest absolute Gasteiger partial charge is 0.478 e. The Bertz CT molecular complexity index is 814. The van der Waals surface area contributed by atoms with E-state index < -0.39 is 11.8 Å². The van der Waals surface area contributed by atoms with Crippen molar-refractivity contribution in [1.82, 2.24) is 15.0 Å². The molecule has 0 unspecified atom stereocenters. The number of H-pyrrole nitrogens is 1. The molecule has 5 nitrogen and oxygen atoms in total. The average molecular weight is 292 g/mol. The van der Waals surface area contributed by atoms with E-state index in [0.29, 0.717) is 22.1 Å². The van der Waals surface area contributed by atoms with Crippen LogP contribution in [0.5, 0.6) is 0 Å². The number of aromatic nitrogens is 3. The van der Waals surface area contributed by atoms with Crippen LogP contribution in [0.1, 0.15) is 10.4 Å². The summed E-state index contributed by atoms with van der Waals surface area (Å²) in [6.07, 6.45) is 1.45. The summed E-state index contributed by atoms with van der Waals surface area (Å²) in [5.41, 5.74) is 0.776. The van der Waals surface area contributed by atoms with E-state index in [9.17, 15) is 9.18 Å². The maximum absolute atomic E-state index is 13.4. The Labute approximate surface area is 117 Å². The maximum atomic E-state index is 13.4. The standard InChI is InChI=1S/C13H7ClFN3O2/c14-6-1-2-9(16-5-6)12-17-10-4-7(15)3-8(13(19)20)11(10)18-12/h1-5H,(H,17,18)(H,19,20). The lowest BCUT2D eigenvalue weighted by Gasteiger charge is -1.95. The molecule has 7 heteroatoms. The van der Waals surface area contributed by atoms with Crippen LogP contribution in [0.3, 0.4) is 0 Å². The van der Waals surface area contributed by atoms with Crippen molar-refractivity contribution < 1.29 is 14.3 Å². The molecule has 2 aromatic heterocycles. The van der Waals surface area contributed by atoms with Gasteiger partial charge in [-0.2, -0.15) is 0 Å². The lowest BCUT2D eigenvalue weighted by molar-refractivity contribution is 0.0698. The molecule has 0 atom stereocenters. The number of nitrogens with zero attached hydrogens (tertiary/aromatic N) is 2. The first-order chi connectivity index (χ1) is 9.54. The monoisotopic (exact) mass is 291 g/mol. The molecule has 0 fully saturated rings. The fraction of sp³-hybridized carbons (Fsp3) is 0. The van der Waals surface area contributed by atoms with Crippen LogP contribution < -0.4 is 0 Å². The van der Waals surface area contributed by atoms with E-state index >= 15 is 0 Å². The van der Waals surface area contributed by atoms with Crippen LogP contribution in [-0.4, -0.2) is 26.0 Å². The molecule has 3 aromatic rings. The van der Waals surface area contributed by atoms with Crippen LogP contribution in [-0.2, 0) is 0 Å². The fourth-order valence-electron chi connectivity index (χ4n) is 1.88. The minimum atomic E-state index is -1.24. The number of halogens is 2. The molecule has 3 rings (SSSR count). The highest BCUT2D eigenvalue weighted by molar-refractivity contribution is 6.30. The summed E-state index contributed by atoms with van der Waals surface area (Å²) in [4.78, 5) is 22.2. The van der Waals surface area contributed by atoms with Gasteiger partial charge in [-0.15, -0.1) is 0 Å². The number of imidazole rings is 1. The molecule has 100 valence electrons. The highest BCUT2D eigenvalue weighted by Crippen LogP contribution is 2.23.